The van der Waals surface area contributed by atoms with Crippen LogP contribution in [0.3, 0.4) is 0 Å². The average molecular weight is 1660 g/mol. The maximum absolute atomic E-state index is 12.9. The first-order chi connectivity index (χ1) is 53.5. The summed E-state index contributed by atoms with van der Waals surface area (Å²) in [4.78, 5) is 93.5. The Morgan fingerprint density at radius 2 is 0.973 bits per heavy atom. The van der Waals surface area contributed by atoms with Crippen LogP contribution < -0.4 is 41.3 Å². The van der Waals surface area contributed by atoms with Crippen molar-refractivity contribution in [2.75, 3.05) is 88.7 Å². The number of thiophene rings is 1. The molecule has 10 aromatic rings. The van der Waals surface area contributed by atoms with Crippen molar-refractivity contribution in [1.29, 1.82) is 0 Å². The van der Waals surface area contributed by atoms with E-state index in [2.05, 4.69) is 79.3 Å². The number of halogens is 3. The highest BCUT2D eigenvalue weighted by molar-refractivity contribution is 7.91. The number of sulfone groups is 3. The van der Waals surface area contributed by atoms with Crippen molar-refractivity contribution in [1.82, 2.24) is 40.1 Å². The van der Waals surface area contributed by atoms with E-state index in [1.165, 1.54) is 49.2 Å². The van der Waals surface area contributed by atoms with E-state index >= 15 is 0 Å². The summed E-state index contributed by atoms with van der Waals surface area (Å²) in [6.45, 7) is 6.90. The molecule has 33 heteroatoms. The van der Waals surface area contributed by atoms with Crippen molar-refractivity contribution in [3.05, 3.63) is 213 Å². The van der Waals surface area contributed by atoms with Gasteiger partial charge in [-0.2, -0.15) is 0 Å². The summed E-state index contributed by atoms with van der Waals surface area (Å²) in [6.07, 6.45) is 22.8. The SMILES string of the molecule is CC(NC(=O)CC1CCN(c2ncc(S(C)(=O)=O)cc2NC(=O)c2cccc(Cl)c2)CC1)c1cccs1.CS(=O)(=O)c1cnc(N2CCC(CC(=O)NC3(c4cocn4)CC3)CC2)c(NC(=O)c2cccc(Cl)c2)c1.CS(=O)(=O)c1cnc(N2CCC(CCn3ccc4cccnc43)CC2)c(NC(=O)c2cccc(Cl)c2)c1. The maximum Gasteiger partial charge on any atom is 0.255 e. The molecule has 4 aliphatic rings. The van der Waals surface area contributed by atoms with Crippen molar-refractivity contribution in [2.24, 2.45) is 17.8 Å². The van der Waals surface area contributed by atoms with Crippen LogP contribution >= 0.6 is 46.1 Å². The smallest absolute Gasteiger partial charge is 0.255 e. The van der Waals surface area contributed by atoms with E-state index in [4.69, 9.17) is 39.2 Å². The predicted octanol–water partition coefficient (Wildman–Crippen LogP) is 13.8. The van der Waals surface area contributed by atoms with Crippen molar-refractivity contribution >= 4 is 151 Å². The fourth-order valence-corrected chi connectivity index (χ4v) is 16.9. The Kier molecular flexibility index (Phi) is 26.2. The molecule has 3 saturated heterocycles. The number of carbonyl (C=O) groups excluding carboxylic acids is 5. The number of anilines is 6. The van der Waals surface area contributed by atoms with Gasteiger partial charge in [0.2, 0.25) is 11.8 Å². The third-order valence-electron chi connectivity index (χ3n) is 20.2. The highest BCUT2D eigenvalue weighted by Crippen LogP contribution is 2.45. The largest absolute Gasteiger partial charge is 0.451 e. The van der Waals surface area contributed by atoms with Gasteiger partial charge in [0.05, 0.1) is 43.3 Å². The monoisotopic (exact) mass is 1650 g/mol. The fraction of sp³-hybridized carbons (Fsp3) is 0.342. The molecule has 3 aliphatic heterocycles. The topological polar surface area (TPSA) is 340 Å². The quantitative estimate of drug-likeness (QED) is 0.0397. The van der Waals surface area contributed by atoms with E-state index in [0.717, 1.165) is 118 Å². The second kappa shape index (κ2) is 35.9. The number of piperidine rings is 3. The van der Waals surface area contributed by atoms with Crippen LogP contribution in [0.1, 0.15) is 125 Å². The van der Waals surface area contributed by atoms with Gasteiger partial charge in [-0.1, -0.05) is 59.1 Å². The van der Waals surface area contributed by atoms with Gasteiger partial charge in [-0.05, 0) is 185 Å². The number of hydrogen-bond acceptors (Lipinski definition) is 21. The number of rotatable bonds is 23. The third kappa shape index (κ3) is 21.5. The highest BCUT2D eigenvalue weighted by Gasteiger charge is 2.48. The number of pyridine rings is 4. The van der Waals surface area contributed by atoms with Crippen molar-refractivity contribution < 1.29 is 53.6 Å². The molecule has 7 aromatic heterocycles. The minimum absolute atomic E-state index is 0.00550. The van der Waals surface area contributed by atoms with Crippen LogP contribution in [0, 0.1) is 17.8 Å². The lowest BCUT2D eigenvalue weighted by atomic mass is 9.93. The van der Waals surface area contributed by atoms with E-state index in [1.807, 2.05) is 46.5 Å². The molecule has 3 aromatic carbocycles. The molecule has 112 heavy (non-hydrogen) atoms. The van der Waals surface area contributed by atoms with Gasteiger partial charge in [-0.25, -0.2) is 50.2 Å². The highest BCUT2D eigenvalue weighted by atomic mass is 35.5. The first-order valence-electron chi connectivity index (χ1n) is 36.5. The number of oxazole rings is 1. The molecule has 0 bridgehead atoms. The van der Waals surface area contributed by atoms with Crippen LogP contribution in [0.5, 0.6) is 0 Å². The first-order valence-corrected chi connectivity index (χ1v) is 44.2. The number of carbonyl (C=O) groups is 5. The number of fused-ring (bicyclic) bond motifs is 1. The first kappa shape index (κ1) is 81.7. The Hall–Kier alpha value is -9.82. The Morgan fingerprint density at radius 1 is 0.536 bits per heavy atom. The lowest BCUT2D eigenvalue weighted by molar-refractivity contribution is -0.123. The zero-order valence-electron chi connectivity index (χ0n) is 61.9. The molecule has 0 radical (unpaired) electrons. The van der Waals surface area contributed by atoms with Crippen molar-refractivity contribution in [3.63, 3.8) is 0 Å². The third-order valence-corrected chi connectivity index (χ3v) is 25.2. The predicted molar refractivity (Wildman–Crippen MR) is 435 cm³/mol. The van der Waals surface area contributed by atoms with Gasteiger partial charge in [0.15, 0.2) is 53.4 Å². The van der Waals surface area contributed by atoms with Crippen LogP contribution in [-0.4, -0.2) is 142 Å². The average Bonchev–Trinajstić information content (AvgIpc) is 1.65. The van der Waals surface area contributed by atoms with Gasteiger partial charge >= 0.3 is 0 Å². The number of amides is 5. The summed E-state index contributed by atoms with van der Waals surface area (Å²) in [6, 6.07) is 34.0. The Morgan fingerprint density at radius 3 is 1.37 bits per heavy atom. The number of hydrogen-bond donors (Lipinski definition) is 5. The molecule has 1 aliphatic carbocycles. The minimum Gasteiger partial charge on any atom is -0.451 e. The fourth-order valence-electron chi connectivity index (χ4n) is 13.9. The molecule has 10 heterocycles. The molecule has 14 rings (SSSR count). The molecule has 0 spiro atoms. The summed E-state index contributed by atoms with van der Waals surface area (Å²) in [5.74, 6) is 1.34. The Balaban J connectivity index is 0.000000156. The molecule has 1 saturated carbocycles. The van der Waals surface area contributed by atoms with Crippen molar-refractivity contribution in [2.45, 2.75) is 110 Å². The van der Waals surface area contributed by atoms with E-state index in [-0.39, 0.29) is 50.3 Å². The number of nitrogens with one attached hydrogen (secondary N) is 5. The number of aryl methyl sites for hydroxylation is 1. The second-order valence-corrected chi connectivity index (χ2v) is 36.9. The lowest BCUT2D eigenvalue weighted by Gasteiger charge is -2.34. The lowest BCUT2D eigenvalue weighted by Crippen LogP contribution is -2.39. The summed E-state index contributed by atoms with van der Waals surface area (Å²) in [5.41, 5.74) is 3.44. The molecule has 1 unspecified atom stereocenters. The van der Waals surface area contributed by atoms with E-state index in [1.54, 1.807) is 84.3 Å². The van der Waals surface area contributed by atoms with Gasteiger partial charge in [0.1, 0.15) is 17.6 Å². The van der Waals surface area contributed by atoms with Crippen LogP contribution in [-0.2, 0) is 51.2 Å². The molecular weight excluding hydrogens is 1570 g/mol. The second-order valence-electron chi connectivity index (χ2n) is 28.6. The number of aromatic nitrogens is 6. The van der Waals surface area contributed by atoms with Crippen LogP contribution in [0.25, 0.3) is 11.0 Å². The molecule has 5 amide bonds. The molecule has 4 fully saturated rings. The summed E-state index contributed by atoms with van der Waals surface area (Å²) < 4.78 is 80.3. The summed E-state index contributed by atoms with van der Waals surface area (Å²) >= 11 is 19.7. The van der Waals surface area contributed by atoms with Crippen molar-refractivity contribution in [3.8, 4) is 0 Å². The standard InChI is InChI=1S/C27H28ClN5O3S.C26H28ClN5O5S.C26H29ClN4O4S2/c1-37(35,36)23-17-24(31-27(34)21-4-2-6-22(28)16-21)26(30-18-23)33-13-8-19(9-14-33)7-12-32-15-10-20-5-3-11-29-25(20)32;1-38(35,36)20-13-21(30-25(34)18-3-2-4-19(27)12-18)24(28-14-20)32-9-5-17(6-10-32)11-23(33)31-26(7-8-26)22-15-37-16-29-22;1-17(23-7-4-12-36-23)29-24(32)13-18-8-10-31(11-9-18)25-22(15-21(16-28-25)37(2,34)35)30-26(33)19-5-3-6-20(27)14-19/h2-6,10-11,15-19H,7-9,12-14H2,1H3,(H,31,34);2-4,12-17H,5-11H2,1H3,(H,30,34)(H,31,33);3-7,12,14-18H,8-11,13H2,1-2H3,(H,29,32)(H,30,33). The summed E-state index contributed by atoms with van der Waals surface area (Å²) in [5, 5.41) is 19.1. The van der Waals surface area contributed by atoms with Crippen LogP contribution in [0.15, 0.2) is 189 Å². The number of benzene rings is 3. The van der Waals surface area contributed by atoms with Gasteiger partial charge in [0.25, 0.3) is 17.7 Å². The van der Waals surface area contributed by atoms with Gasteiger partial charge in [-0.15, -0.1) is 11.3 Å². The maximum atomic E-state index is 12.9. The van der Waals surface area contributed by atoms with Gasteiger partial charge in [-0.3, -0.25) is 24.0 Å². The minimum atomic E-state index is -3.54. The van der Waals surface area contributed by atoms with E-state index in [0.29, 0.717) is 111 Å². The van der Waals surface area contributed by atoms with E-state index < -0.39 is 46.9 Å². The zero-order valence-corrected chi connectivity index (χ0v) is 67.4. The van der Waals surface area contributed by atoms with Gasteiger partial charge < -0.3 is 50.3 Å². The summed E-state index contributed by atoms with van der Waals surface area (Å²) in [7, 11) is -10.6. The van der Waals surface area contributed by atoms with Crippen LogP contribution in [0.4, 0.5) is 34.5 Å². The molecule has 1 atom stereocenters. The van der Waals surface area contributed by atoms with Gasteiger partial charge in [0, 0.05) is 150 Å². The zero-order chi connectivity index (χ0) is 79.5. The van der Waals surface area contributed by atoms with Crippen LogP contribution in [0.2, 0.25) is 15.1 Å². The van der Waals surface area contributed by atoms with E-state index in [9.17, 15) is 49.2 Å². The normalized spacial score (nSPS) is 15.7. The molecule has 26 nitrogen and oxygen atoms in total. The Labute approximate surface area is 669 Å². The molecule has 5 N–H and O–H groups in total. The molecule has 588 valence electrons. The number of nitrogens with zero attached hydrogens (tertiary/aromatic N) is 9. The Bertz CT molecular complexity index is 5420. The molecular formula is C79H85Cl3N14O12S4.